The van der Waals surface area contributed by atoms with Crippen LogP contribution in [-0.4, -0.2) is 19.7 Å². The summed E-state index contributed by atoms with van der Waals surface area (Å²) in [4.78, 5) is 11.1. The van der Waals surface area contributed by atoms with E-state index in [1.165, 1.54) is 25.3 Å². The van der Waals surface area contributed by atoms with E-state index in [1.807, 2.05) is 0 Å². The van der Waals surface area contributed by atoms with Crippen LogP contribution >= 0.6 is 15.9 Å². The molecule has 0 heterocycles. The molecule has 1 aromatic carbocycles. The van der Waals surface area contributed by atoms with Crippen molar-refractivity contribution in [3.05, 3.63) is 28.5 Å². The van der Waals surface area contributed by atoms with Gasteiger partial charge in [0.05, 0.1) is 17.5 Å². The number of carbonyl (C=O) groups excluding carboxylic acids is 1. The molecule has 0 aromatic heterocycles. The fraction of sp³-hybridized carbons (Fsp3) is 0.364. The summed E-state index contributed by atoms with van der Waals surface area (Å²) >= 11 is 3.17. The van der Waals surface area contributed by atoms with Gasteiger partial charge in [0.2, 0.25) is 0 Å². The van der Waals surface area contributed by atoms with Crippen LogP contribution < -0.4 is 4.74 Å². The van der Waals surface area contributed by atoms with Gasteiger partial charge in [0.1, 0.15) is 18.2 Å². The number of benzene rings is 1. The van der Waals surface area contributed by atoms with Crippen molar-refractivity contribution >= 4 is 21.9 Å². The second-order valence-electron chi connectivity index (χ2n) is 3.31. The lowest BCUT2D eigenvalue weighted by atomic mass is 10.2. The largest absolute Gasteiger partial charge is 0.492 e. The SMILES string of the molecule is COC(=O)C(C)COc1ccc(F)cc1Br. The molecule has 0 aliphatic carbocycles. The Hall–Kier alpha value is -1.10. The van der Waals surface area contributed by atoms with Gasteiger partial charge in [-0.1, -0.05) is 0 Å². The molecule has 0 saturated carbocycles. The first-order chi connectivity index (χ1) is 7.54. The Morgan fingerprint density at radius 2 is 2.25 bits per heavy atom. The fourth-order valence-corrected chi connectivity index (χ4v) is 1.54. The molecule has 1 rings (SSSR count). The lowest BCUT2D eigenvalue weighted by molar-refractivity contribution is -0.145. The van der Waals surface area contributed by atoms with Crippen LogP contribution in [0.1, 0.15) is 6.92 Å². The van der Waals surface area contributed by atoms with Crippen LogP contribution in [-0.2, 0) is 9.53 Å². The molecule has 5 heteroatoms. The maximum atomic E-state index is 12.8. The highest BCUT2D eigenvalue weighted by Gasteiger charge is 2.14. The van der Waals surface area contributed by atoms with Crippen LogP contribution in [0, 0.1) is 11.7 Å². The maximum Gasteiger partial charge on any atom is 0.311 e. The smallest absolute Gasteiger partial charge is 0.311 e. The van der Waals surface area contributed by atoms with Crippen molar-refractivity contribution in [1.82, 2.24) is 0 Å². The molecule has 0 saturated heterocycles. The average molecular weight is 291 g/mol. The molecular weight excluding hydrogens is 279 g/mol. The highest BCUT2D eigenvalue weighted by molar-refractivity contribution is 9.10. The molecule has 0 N–H and O–H groups in total. The van der Waals surface area contributed by atoms with E-state index in [9.17, 15) is 9.18 Å². The molecule has 0 amide bonds. The van der Waals surface area contributed by atoms with Crippen molar-refractivity contribution in [1.29, 1.82) is 0 Å². The number of ether oxygens (including phenoxy) is 2. The van der Waals surface area contributed by atoms with Gasteiger partial charge in [-0.2, -0.15) is 0 Å². The summed E-state index contributed by atoms with van der Waals surface area (Å²) < 4.78 is 23.2. The predicted molar refractivity (Wildman–Crippen MR) is 60.8 cm³/mol. The Kier molecular flexibility index (Phi) is 4.73. The standard InChI is InChI=1S/C11H12BrFO3/c1-7(11(14)15-2)6-16-10-4-3-8(13)5-9(10)12/h3-5,7H,6H2,1-2H3. The maximum absolute atomic E-state index is 12.8. The van der Waals surface area contributed by atoms with Gasteiger partial charge in [0, 0.05) is 0 Å². The third-order valence-corrected chi connectivity index (χ3v) is 2.61. The van der Waals surface area contributed by atoms with E-state index in [1.54, 1.807) is 6.92 Å². The quantitative estimate of drug-likeness (QED) is 0.800. The third-order valence-electron chi connectivity index (χ3n) is 1.99. The van der Waals surface area contributed by atoms with Gasteiger partial charge in [-0.25, -0.2) is 4.39 Å². The average Bonchev–Trinajstić information content (AvgIpc) is 2.26. The normalized spacial score (nSPS) is 12.0. The number of esters is 1. The molecule has 1 atom stereocenters. The fourth-order valence-electron chi connectivity index (χ4n) is 1.08. The number of hydrogen-bond acceptors (Lipinski definition) is 3. The van der Waals surface area contributed by atoms with E-state index in [0.717, 1.165) is 0 Å². The summed E-state index contributed by atoms with van der Waals surface area (Å²) in [7, 11) is 1.33. The van der Waals surface area contributed by atoms with Gasteiger partial charge in [0.25, 0.3) is 0 Å². The molecule has 1 aromatic rings. The lowest BCUT2D eigenvalue weighted by Crippen LogP contribution is -2.20. The first kappa shape index (κ1) is 13.0. The molecule has 1 unspecified atom stereocenters. The summed E-state index contributed by atoms with van der Waals surface area (Å²) in [6.45, 7) is 1.89. The molecule has 0 aliphatic heterocycles. The summed E-state index contributed by atoms with van der Waals surface area (Å²) in [6, 6.07) is 4.10. The number of halogens is 2. The van der Waals surface area contributed by atoms with Gasteiger partial charge in [-0.05, 0) is 41.1 Å². The third kappa shape index (κ3) is 3.48. The number of rotatable bonds is 4. The van der Waals surface area contributed by atoms with E-state index in [2.05, 4.69) is 20.7 Å². The zero-order valence-corrected chi connectivity index (χ0v) is 10.6. The van der Waals surface area contributed by atoms with Gasteiger partial charge < -0.3 is 9.47 Å². The Labute approximate surface area is 102 Å². The summed E-state index contributed by atoms with van der Waals surface area (Å²) in [5.74, 6) is -0.544. The summed E-state index contributed by atoms with van der Waals surface area (Å²) in [5, 5.41) is 0. The Bertz CT molecular complexity index is 381. The molecule has 0 fully saturated rings. The van der Waals surface area contributed by atoms with Gasteiger partial charge >= 0.3 is 5.97 Å². The predicted octanol–water partition coefficient (Wildman–Crippen LogP) is 2.78. The molecular formula is C11H12BrFO3. The van der Waals surface area contributed by atoms with Crippen molar-refractivity contribution in [2.24, 2.45) is 5.92 Å². The van der Waals surface area contributed by atoms with Gasteiger partial charge in [0.15, 0.2) is 0 Å². The van der Waals surface area contributed by atoms with Crippen LogP contribution in [0.5, 0.6) is 5.75 Å². The molecule has 0 radical (unpaired) electrons. The first-order valence-electron chi connectivity index (χ1n) is 4.70. The Morgan fingerprint density at radius 1 is 1.56 bits per heavy atom. The highest BCUT2D eigenvalue weighted by Crippen LogP contribution is 2.25. The van der Waals surface area contributed by atoms with Crippen LogP contribution in [0.25, 0.3) is 0 Å². The van der Waals surface area contributed by atoms with E-state index < -0.39 is 0 Å². The van der Waals surface area contributed by atoms with Crippen LogP contribution in [0.2, 0.25) is 0 Å². The number of hydrogen-bond donors (Lipinski definition) is 0. The zero-order valence-electron chi connectivity index (χ0n) is 9.00. The highest BCUT2D eigenvalue weighted by atomic mass is 79.9. The summed E-state index contributed by atoms with van der Waals surface area (Å²) in [6.07, 6.45) is 0. The first-order valence-corrected chi connectivity index (χ1v) is 5.49. The molecule has 88 valence electrons. The van der Waals surface area contributed by atoms with E-state index in [-0.39, 0.29) is 24.3 Å². The van der Waals surface area contributed by atoms with Crippen molar-refractivity contribution in [2.45, 2.75) is 6.92 Å². The van der Waals surface area contributed by atoms with Crippen molar-refractivity contribution in [3.8, 4) is 5.75 Å². The zero-order chi connectivity index (χ0) is 12.1. The van der Waals surface area contributed by atoms with Crippen LogP contribution in [0.15, 0.2) is 22.7 Å². The molecule has 3 nitrogen and oxygen atoms in total. The van der Waals surface area contributed by atoms with Crippen LogP contribution in [0.4, 0.5) is 4.39 Å². The van der Waals surface area contributed by atoms with E-state index >= 15 is 0 Å². The molecule has 0 aliphatic rings. The monoisotopic (exact) mass is 290 g/mol. The van der Waals surface area contributed by atoms with Gasteiger partial charge in [-0.15, -0.1) is 0 Å². The van der Waals surface area contributed by atoms with Gasteiger partial charge in [-0.3, -0.25) is 4.79 Å². The van der Waals surface area contributed by atoms with Crippen molar-refractivity contribution < 1.29 is 18.7 Å². The topological polar surface area (TPSA) is 35.5 Å². The Balaban J connectivity index is 2.58. The lowest BCUT2D eigenvalue weighted by Gasteiger charge is -2.12. The van der Waals surface area contributed by atoms with Crippen molar-refractivity contribution in [2.75, 3.05) is 13.7 Å². The van der Waals surface area contributed by atoms with Crippen molar-refractivity contribution in [3.63, 3.8) is 0 Å². The molecule has 16 heavy (non-hydrogen) atoms. The van der Waals surface area contributed by atoms with E-state index in [0.29, 0.717) is 10.2 Å². The summed E-state index contributed by atoms with van der Waals surface area (Å²) in [5.41, 5.74) is 0. The number of methoxy groups -OCH3 is 1. The minimum absolute atomic E-state index is 0.191. The Morgan fingerprint density at radius 3 is 2.81 bits per heavy atom. The second-order valence-corrected chi connectivity index (χ2v) is 4.16. The van der Waals surface area contributed by atoms with Crippen LogP contribution in [0.3, 0.4) is 0 Å². The second kappa shape index (κ2) is 5.84. The minimum atomic E-state index is -0.359. The minimum Gasteiger partial charge on any atom is -0.492 e. The molecule has 0 bridgehead atoms. The van der Waals surface area contributed by atoms with E-state index in [4.69, 9.17) is 4.74 Å². The molecule has 0 spiro atoms. The number of carbonyl (C=O) groups is 1.